The topological polar surface area (TPSA) is 38.3 Å². The molecule has 0 bridgehead atoms. The van der Waals surface area contributed by atoms with Crippen LogP contribution in [0.3, 0.4) is 0 Å². The third kappa shape index (κ3) is 2.69. The van der Waals surface area contributed by atoms with E-state index in [1.165, 1.54) is 0 Å². The summed E-state index contributed by atoms with van der Waals surface area (Å²) in [5.41, 5.74) is 1.21. The zero-order chi connectivity index (χ0) is 12.5. The van der Waals surface area contributed by atoms with Crippen LogP contribution in [0.4, 0.5) is 5.69 Å². The third-order valence-electron chi connectivity index (χ3n) is 3.14. The Kier molecular flexibility index (Phi) is 3.54. The summed E-state index contributed by atoms with van der Waals surface area (Å²) in [6.45, 7) is 4.49. The van der Waals surface area contributed by atoms with Gasteiger partial charge in [0.25, 0.3) is 5.91 Å². The van der Waals surface area contributed by atoms with Gasteiger partial charge in [-0.2, -0.15) is 0 Å². The molecule has 1 N–H and O–H groups in total. The van der Waals surface area contributed by atoms with Crippen LogP contribution in [0.5, 0.6) is 0 Å². The predicted molar refractivity (Wildman–Crippen MR) is 71.1 cm³/mol. The molecule has 1 aromatic rings. The highest BCUT2D eigenvalue weighted by molar-refractivity contribution is 9.10. The van der Waals surface area contributed by atoms with Gasteiger partial charge in [0.15, 0.2) is 0 Å². The number of hydrogen-bond acceptors (Lipinski definition) is 2. The average Bonchev–Trinajstić information content (AvgIpc) is 2.71. The zero-order valence-electron chi connectivity index (χ0n) is 10.0. The molecule has 0 radical (unpaired) electrons. The molecule has 1 aliphatic rings. The summed E-state index contributed by atoms with van der Waals surface area (Å²) in [4.78, 5) is 12.1. The molecule has 1 aliphatic heterocycles. The van der Waals surface area contributed by atoms with Crippen LogP contribution < -0.4 is 5.32 Å². The van der Waals surface area contributed by atoms with Gasteiger partial charge in [-0.15, -0.1) is 0 Å². The molecular weight excluding hydrogens is 282 g/mol. The van der Waals surface area contributed by atoms with Gasteiger partial charge in [-0.25, -0.2) is 0 Å². The number of aryl methyl sites for hydroxylation is 1. The van der Waals surface area contributed by atoms with Gasteiger partial charge in [0.05, 0.1) is 0 Å². The largest absolute Gasteiger partial charge is 0.365 e. The summed E-state index contributed by atoms with van der Waals surface area (Å²) in [6.07, 6.45) is 1.73. The summed E-state index contributed by atoms with van der Waals surface area (Å²) in [5, 5.41) is 2.94. The van der Waals surface area contributed by atoms with Gasteiger partial charge >= 0.3 is 0 Å². The van der Waals surface area contributed by atoms with Crippen molar-refractivity contribution in [2.75, 3.05) is 11.9 Å². The number of hydrogen-bond donors (Lipinski definition) is 1. The minimum Gasteiger partial charge on any atom is -0.365 e. The van der Waals surface area contributed by atoms with Gasteiger partial charge in [-0.05, 0) is 50.5 Å². The van der Waals surface area contributed by atoms with Crippen molar-refractivity contribution >= 4 is 27.5 Å². The third-order valence-corrected chi connectivity index (χ3v) is 3.63. The maximum Gasteiger partial charge on any atom is 0.256 e. The molecule has 1 saturated heterocycles. The number of amides is 1. The Hall–Kier alpha value is -0.870. The van der Waals surface area contributed by atoms with E-state index in [9.17, 15) is 4.79 Å². The molecule has 1 atom stereocenters. The van der Waals surface area contributed by atoms with Gasteiger partial charge < -0.3 is 10.1 Å². The van der Waals surface area contributed by atoms with Gasteiger partial charge in [-0.3, -0.25) is 4.79 Å². The fourth-order valence-electron chi connectivity index (χ4n) is 1.98. The van der Waals surface area contributed by atoms with E-state index in [-0.39, 0.29) is 5.91 Å². The van der Waals surface area contributed by atoms with E-state index < -0.39 is 5.60 Å². The number of nitrogens with one attached hydrogen (secondary N) is 1. The summed E-state index contributed by atoms with van der Waals surface area (Å²) in [7, 11) is 0. The Morgan fingerprint density at radius 1 is 1.53 bits per heavy atom. The Bertz CT molecular complexity index is 439. The average molecular weight is 298 g/mol. The van der Waals surface area contributed by atoms with E-state index in [0.29, 0.717) is 6.61 Å². The minimum absolute atomic E-state index is 0.0552. The minimum atomic E-state index is -0.667. The first-order chi connectivity index (χ1) is 8.01. The van der Waals surface area contributed by atoms with E-state index in [4.69, 9.17) is 4.74 Å². The molecule has 1 fully saturated rings. The SMILES string of the molecule is Cc1cc(Br)ccc1NC(=O)C1(C)CCCO1. The second-order valence-corrected chi connectivity index (χ2v) is 5.51. The van der Waals surface area contributed by atoms with Crippen LogP contribution in [0.15, 0.2) is 22.7 Å². The maximum absolute atomic E-state index is 12.1. The van der Waals surface area contributed by atoms with Crippen LogP contribution in [-0.4, -0.2) is 18.1 Å². The molecule has 3 nitrogen and oxygen atoms in total. The summed E-state index contributed by atoms with van der Waals surface area (Å²) >= 11 is 3.40. The maximum atomic E-state index is 12.1. The molecule has 17 heavy (non-hydrogen) atoms. The Morgan fingerprint density at radius 2 is 2.29 bits per heavy atom. The standard InChI is InChI=1S/C13H16BrNO2/c1-9-8-10(14)4-5-11(9)15-12(16)13(2)6-3-7-17-13/h4-5,8H,3,6-7H2,1-2H3,(H,15,16). The fraction of sp³-hybridized carbons (Fsp3) is 0.462. The van der Waals surface area contributed by atoms with Crippen LogP contribution in [0.25, 0.3) is 0 Å². The molecule has 1 heterocycles. The second kappa shape index (κ2) is 4.78. The molecule has 0 saturated carbocycles. The monoisotopic (exact) mass is 297 g/mol. The number of rotatable bonds is 2. The molecule has 2 rings (SSSR count). The van der Waals surface area contributed by atoms with Crippen LogP contribution >= 0.6 is 15.9 Å². The van der Waals surface area contributed by atoms with Gasteiger partial charge in [0, 0.05) is 16.8 Å². The molecule has 4 heteroatoms. The van der Waals surface area contributed by atoms with Gasteiger partial charge in [0.2, 0.25) is 0 Å². The Balaban J connectivity index is 2.13. The quantitative estimate of drug-likeness (QED) is 0.910. The summed E-state index contributed by atoms with van der Waals surface area (Å²) in [6, 6.07) is 5.80. The normalized spacial score (nSPS) is 23.7. The van der Waals surface area contributed by atoms with Crippen molar-refractivity contribution < 1.29 is 9.53 Å². The smallest absolute Gasteiger partial charge is 0.256 e. The van der Waals surface area contributed by atoms with Crippen molar-refractivity contribution in [3.63, 3.8) is 0 Å². The predicted octanol–water partition coefficient (Wildman–Crippen LogP) is 3.27. The number of carbonyl (C=O) groups excluding carboxylic acids is 1. The Labute approximate surface area is 110 Å². The molecule has 0 spiro atoms. The Morgan fingerprint density at radius 3 is 2.88 bits per heavy atom. The number of anilines is 1. The van der Waals surface area contributed by atoms with Crippen molar-refractivity contribution in [3.05, 3.63) is 28.2 Å². The summed E-state index contributed by atoms with van der Waals surface area (Å²) in [5.74, 6) is -0.0552. The van der Waals surface area contributed by atoms with Crippen LogP contribution in [-0.2, 0) is 9.53 Å². The number of benzene rings is 1. The van der Waals surface area contributed by atoms with E-state index >= 15 is 0 Å². The molecular formula is C13H16BrNO2. The highest BCUT2D eigenvalue weighted by Crippen LogP contribution is 2.28. The first-order valence-electron chi connectivity index (χ1n) is 5.73. The van der Waals surface area contributed by atoms with Crippen molar-refractivity contribution in [3.8, 4) is 0 Å². The number of ether oxygens (including phenoxy) is 1. The van der Waals surface area contributed by atoms with Crippen molar-refractivity contribution in [2.45, 2.75) is 32.3 Å². The second-order valence-electron chi connectivity index (χ2n) is 4.60. The lowest BCUT2D eigenvalue weighted by Crippen LogP contribution is -2.39. The van der Waals surface area contributed by atoms with Crippen LogP contribution in [0.1, 0.15) is 25.3 Å². The lowest BCUT2D eigenvalue weighted by Gasteiger charge is -2.22. The summed E-state index contributed by atoms with van der Waals surface area (Å²) < 4.78 is 6.53. The number of carbonyl (C=O) groups is 1. The molecule has 1 unspecified atom stereocenters. The van der Waals surface area contributed by atoms with Gasteiger partial charge in [-0.1, -0.05) is 15.9 Å². The van der Waals surface area contributed by atoms with E-state index in [1.54, 1.807) is 0 Å². The molecule has 1 aromatic carbocycles. The van der Waals surface area contributed by atoms with E-state index in [2.05, 4.69) is 21.2 Å². The molecule has 1 amide bonds. The molecule has 92 valence electrons. The van der Waals surface area contributed by atoms with Crippen LogP contribution in [0, 0.1) is 6.92 Å². The molecule has 0 aliphatic carbocycles. The van der Waals surface area contributed by atoms with E-state index in [0.717, 1.165) is 28.6 Å². The lowest BCUT2D eigenvalue weighted by atomic mass is 10.0. The van der Waals surface area contributed by atoms with Crippen molar-refractivity contribution in [1.29, 1.82) is 0 Å². The van der Waals surface area contributed by atoms with Crippen LogP contribution in [0.2, 0.25) is 0 Å². The lowest BCUT2D eigenvalue weighted by molar-refractivity contribution is -0.133. The highest BCUT2D eigenvalue weighted by atomic mass is 79.9. The number of halogens is 1. The first kappa shape index (κ1) is 12.6. The fourth-order valence-corrected chi connectivity index (χ4v) is 2.46. The van der Waals surface area contributed by atoms with E-state index in [1.807, 2.05) is 32.0 Å². The van der Waals surface area contributed by atoms with Crippen molar-refractivity contribution in [2.24, 2.45) is 0 Å². The first-order valence-corrected chi connectivity index (χ1v) is 6.52. The molecule has 0 aromatic heterocycles. The highest BCUT2D eigenvalue weighted by Gasteiger charge is 2.37. The van der Waals surface area contributed by atoms with Crippen molar-refractivity contribution in [1.82, 2.24) is 0 Å². The zero-order valence-corrected chi connectivity index (χ0v) is 11.6. The van der Waals surface area contributed by atoms with Gasteiger partial charge in [0.1, 0.15) is 5.60 Å².